The topological polar surface area (TPSA) is 128 Å². The maximum Gasteiger partial charge on any atom is 0.328 e. The van der Waals surface area contributed by atoms with E-state index in [1.54, 1.807) is 30.3 Å². The molecule has 10 heteroatoms. The van der Waals surface area contributed by atoms with Crippen molar-refractivity contribution in [2.75, 3.05) is 0 Å². The Morgan fingerprint density at radius 1 is 1.22 bits per heavy atom. The number of amides is 2. The van der Waals surface area contributed by atoms with Crippen LogP contribution in [-0.2, 0) is 20.9 Å². The number of ether oxygens (including phenoxy) is 1. The van der Waals surface area contributed by atoms with Crippen LogP contribution in [0.1, 0.15) is 17.3 Å². The molecule has 1 aromatic heterocycles. The summed E-state index contributed by atoms with van der Waals surface area (Å²) < 4.78 is 6.06. The van der Waals surface area contributed by atoms with Crippen LogP contribution in [0.5, 0.6) is 0 Å². The number of benzene rings is 1. The van der Waals surface area contributed by atoms with Crippen LogP contribution < -0.4 is 10.9 Å². The predicted octanol–water partition coefficient (Wildman–Crippen LogP) is -0.934. The number of tetrazole rings is 1. The van der Waals surface area contributed by atoms with Gasteiger partial charge >= 0.3 is 5.97 Å². The highest BCUT2D eigenvalue weighted by Crippen LogP contribution is 1.97. The maximum atomic E-state index is 11.8. The maximum absolute atomic E-state index is 11.8. The van der Waals surface area contributed by atoms with E-state index < -0.39 is 23.9 Å². The summed E-state index contributed by atoms with van der Waals surface area (Å²) in [6.07, 6.45) is 0.154. The number of hydrogen-bond acceptors (Lipinski definition) is 7. The molecule has 10 nitrogen and oxygen atoms in total. The van der Waals surface area contributed by atoms with Gasteiger partial charge in [-0.3, -0.25) is 25.2 Å². The molecule has 0 bridgehead atoms. The fourth-order valence-electron chi connectivity index (χ4n) is 1.55. The molecule has 0 radical (unpaired) electrons. The van der Waals surface area contributed by atoms with Gasteiger partial charge in [-0.15, -0.1) is 5.10 Å². The first-order valence-electron chi connectivity index (χ1n) is 6.62. The second-order valence-electron chi connectivity index (χ2n) is 4.45. The molecular formula is C13H14N6O4. The van der Waals surface area contributed by atoms with E-state index in [1.165, 1.54) is 13.3 Å². The highest BCUT2D eigenvalue weighted by atomic mass is 16.5. The highest BCUT2D eigenvalue weighted by Gasteiger charge is 2.19. The van der Waals surface area contributed by atoms with Crippen LogP contribution in [0.2, 0.25) is 0 Å². The Kier molecular flexibility index (Phi) is 5.34. The van der Waals surface area contributed by atoms with Crippen molar-refractivity contribution in [2.45, 2.75) is 19.6 Å². The Morgan fingerprint density at radius 3 is 2.61 bits per heavy atom. The zero-order valence-electron chi connectivity index (χ0n) is 12.2. The number of esters is 1. The summed E-state index contributed by atoms with van der Waals surface area (Å²) in [6, 6.07) is 8.34. The van der Waals surface area contributed by atoms with Gasteiger partial charge in [-0.2, -0.15) is 0 Å². The van der Waals surface area contributed by atoms with Gasteiger partial charge in [0.1, 0.15) is 12.9 Å². The van der Waals surface area contributed by atoms with E-state index in [-0.39, 0.29) is 6.54 Å². The van der Waals surface area contributed by atoms with Gasteiger partial charge in [0.05, 0.1) is 0 Å². The Balaban J connectivity index is 1.76. The summed E-state index contributed by atoms with van der Waals surface area (Å²) in [7, 11) is 0. The van der Waals surface area contributed by atoms with E-state index in [1.807, 2.05) is 0 Å². The molecule has 0 aliphatic heterocycles. The lowest BCUT2D eigenvalue weighted by Crippen LogP contribution is -2.46. The lowest BCUT2D eigenvalue weighted by atomic mass is 10.2. The van der Waals surface area contributed by atoms with Crippen molar-refractivity contribution < 1.29 is 19.1 Å². The first kappa shape index (κ1) is 16.1. The molecule has 0 saturated carbocycles. The second-order valence-corrected chi connectivity index (χ2v) is 4.45. The quantitative estimate of drug-likeness (QED) is 0.538. The molecule has 1 heterocycles. The summed E-state index contributed by atoms with van der Waals surface area (Å²) in [4.78, 5) is 35.1. The molecule has 1 aromatic carbocycles. The lowest BCUT2D eigenvalue weighted by molar-refractivity contribution is -0.155. The summed E-state index contributed by atoms with van der Waals surface area (Å²) >= 11 is 0. The van der Waals surface area contributed by atoms with Crippen molar-refractivity contribution in [3.63, 3.8) is 0 Å². The van der Waals surface area contributed by atoms with Gasteiger partial charge in [0, 0.05) is 5.56 Å². The van der Waals surface area contributed by atoms with Crippen LogP contribution in [0.25, 0.3) is 0 Å². The average Bonchev–Trinajstić information content (AvgIpc) is 3.05. The van der Waals surface area contributed by atoms with E-state index in [0.717, 1.165) is 4.68 Å². The van der Waals surface area contributed by atoms with Crippen molar-refractivity contribution in [1.29, 1.82) is 0 Å². The van der Waals surface area contributed by atoms with Crippen LogP contribution in [-0.4, -0.2) is 44.1 Å². The number of rotatable bonds is 5. The SMILES string of the molecule is C[C@@H](OC(=O)Cn1cnnn1)C(=O)NNC(=O)c1ccccc1. The summed E-state index contributed by atoms with van der Waals surface area (Å²) in [6.45, 7) is 1.16. The Morgan fingerprint density at radius 2 is 1.96 bits per heavy atom. The smallest absolute Gasteiger partial charge is 0.328 e. The van der Waals surface area contributed by atoms with Crippen molar-refractivity contribution >= 4 is 17.8 Å². The molecule has 0 aliphatic carbocycles. The average molecular weight is 318 g/mol. The van der Waals surface area contributed by atoms with Gasteiger partial charge in [0.15, 0.2) is 6.10 Å². The number of hydrogen-bond donors (Lipinski definition) is 2. The molecular weight excluding hydrogens is 304 g/mol. The molecule has 0 spiro atoms. The monoisotopic (exact) mass is 318 g/mol. The zero-order chi connectivity index (χ0) is 16.7. The van der Waals surface area contributed by atoms with Gasteiger partial charge in [0.2, 0.25) is 0 Å². The third-order valence-electron chi connectivity index (χ3n) is 2.70. The summed E-state index contributed by atoms with van der Waals surface area (Å²) in [5.74, 6) is -1.83. The molecule has 23 heavy (non-hydrogen) atoms. The predicted molar refractivity (Wildman–Crippen MR) is 75.4 cm³/mol. The second kappa shape index (κ2) is 7.64. The zero-order valence-corrected chi connectivity index (χ0v) is 12.2. The largest absolute Gasteiger partial charge is 0.451 e. The fraction of sp³-hybridized carbons (Fsp3) is 0.231. The van der Waals surface area contributed by atoms with Gasteiger partial charge in [-0.05, 0) is 29.5 Å². The van der Waals surface area contributed by atoms with Gasteiger partial charge < -0.3 is 4.74 Å². The molecule has 2 N–H and O–H groups in total. The Labute approximate surface area is 130 Å². The molecule has 2 aromatic rings. The molecule has 0 fully saturated rings. The van der Waals surface area contributed by atoms with Crippen LogP contribution >= 0.6 is 0 Å². The van der Waals surface area contributed by atoms with Crippen LogP contribution in [0.15, 0.2) is 36.7 Å². The molecule has 0 saturated heterocycles. The van der Waals surface area contributed by atoms with E-state index in [4.69, 9.17) is 4.74 Å². The first-order valence-corrected chi connectivity index (χ1v) is 6.62. The standard InChI is InChI=1S/C13H14N6O4/c1-9(23-11(20)7-19-8-14-17-18-19)12(21)15-16-13(22)10-5-3-2-4-6-10/h2-6,8-9H,7H2,1H3,(H,15,21)(H,16,22)/t9-/m1/s1. The van der Waals surface area contributed by atoms with Crippen LogP contribution in [0, 0.1) is 0 Å². The molecule has 0 unspecified atom stereocenters. The van der Waals surface area contributed by atoms with E-state index in [9.17, 15) is 14.4 Å². The minimum atomic E-state index is -1.09. The summed E-state index contributed by atoms with van der Waals surface area (Å²) in [5.41, 5.74) is 4.80. The van der Waals surface area contributed by atoms with E-state index in [2.05, 4.69) is 26.4 Å². The Hall–Kier alpha value is -3.30. The minimum absolute atomic E-state index is 0.221. The highest BCUT2D eigenvalue weighted by molar-refractivity contribution is 5.95. The van der Waals surface area contributed by atoms with Gasteiger partial charge in [-0.1, -0.05) is 18.2 Å². The number of carbonyl (C=O) groups is 3. The third kappa shape index (κ3) is 4.88. The molecule has 1 atom stereocenters. The number of hydrazine groups is 1. The van der Waals surface area contributed by atoms with Crippen molar-refractivity contribution in [1.82, 2.24) is 31.1 Å². The van der Waals surface area contributed by atoms with Crippen molar-refractivity contribution in [2.24, 2.45) is 0 Å². The first-order chi connectivity index (χ1) is 11.1. The van der Waals surface area contributed by atoms with Crippen molar-refractivity contribution in [3.8, 4) is 0 Å². The van der Waals surface area contributed by atoms with Gasteiger partial charge in [-0.25, -0.2) is 4.68 Å². The minimum Gasteiger partial charge on any atom is -0.451 e. The van der Waals surface area contributed by atoms with Crippen molar-refractivity contribution in [3.05, 3.63) is 42.2 Å². The number of nitrogens with zero attached hydrogens (tertiary/aromatic N) is 4. The van der Waals surface area contributed by atoms with Crippen LogP contribution in [0.3, 0.4) is 0 Å². The normalized spacial score (nSPS) is 11.3. The number of carbonyl (C=O) groups excluding carboxylic acids is 3. The molecule has 120 valence electrons. The number of aromatic nitrogens is 4. The molecule has 2 rings (SSSR count). The van der Waals surface area contributed by atoms with E-state index in [0.29, 0.717) is 5.56 Å². The molecule has 0 aliphatic rings. The molecule has 2 amide bonds. The van der Waals surface area contributed by atoms with E-state index >= 15 is 0 Å². The summed E-state index contributed by atoms with van der Waals surface area (Å²) in [5, 5.41) is 10.2. The Bertz CT molecular complexity index is 673. The fourth-order valence-corrected chi connectivity index (χ4v) is 1.55. The third-order valence-corrected chi connectivity index (χ3v) is 2.70. The van der Waals surface area contributed by atoms with Crippen LogP contribution in [0.4, 0.5) is 0 Å². The number of nitrogens with one attached hydrogen (secondary N) is 2. The van der Waals surface area contributed by atoms with Gasteiger partial charge in [0.25, 0.3) is 11.8 Å². The lowest BCUT2D eigenvalue weighted by Gasteiger charge is -2.13.